The third kappa shape index (κ3) is 13.7. The van der Waals surface area contributed by atoms with Crippen molar-refractivity contribution in [2.75, 3.05) is 24.3 Å². The topological polar surface area (TPSA) is 45.2 Å². The van der Waals surface area contributed by atoms with E-state index in [1.54, 1.807) is 6.20 Å². The normalized spacial score (nSPS) is 11.4. The van der Waals surface area contributed by atoms with Crippen LogP contribution in [0, 0.1) is 0 Å². The van der Waals surface area contributed by atoms with Crippen molar-refractivity contribution in [1.29, 1.82) is 0 Å². The number of pyridine rings is 1. The molecule has 1 rings (SSSR count). The van der Waals surface area contributed by atoms with Crippen molar-refractivity contribution in [3.8, 4) is 0 Å². The van der Waals surface area contributed by atoms with Gasteiger partial charge in [0.05, 0.1) is 11.9 Å². The van der Waals surface area contributed by atoms with Crippen LogP contribution in [0.3, 0.4) is 0 Å². The Morgan fingerprint density at radius 3 is 2.21 bits per heavy atom. The predicted molar refractivity (Wildman–Crippen MR) is 127 cm³/mol. The third-order valence-corrected chi connectivity index (χ3v) is 4.84. The molecule has 0 saturated heterocycles. The molecule has 0 aliphatic carbocycles. The molecule has 0 spiro atoms. The van der Waals surface area contributed by atoms with Gasteiger partial charge in [0.15, 0.2) is 0 Å². The summed E-state index contributed by atoms with van der Waals surface area (Å²) in [6, 6.07) is 3.81. The van der Waals surface area contributed by atoms with E-state index >= 15 is 0 Å². The Labute approximate surface area is 178 Å². The van der Waals surface area contributed by atoms with Crippen LogP contribution < -0.4 is 10.2 Å². The molecule has 4 heteroatoms. The highest BCUT2D eigenvalue weighted by molar-refractivity contribution is 5.90. The summed E-state index contributed by atoms with van der Waals surface area (Å²) in [5.41, 5.74) is 0.767. The number of nitrogens with zero attached hydrogens (tertiary/aromatic N) is 2. The smallest absolute Gasteiger partial charge is 0.224 e. The van der Waals surface area contributed by atoms with Gasteiger partial charge in [0.1, 0.15) is 5.82 Å². The van der Waals surface area contributed by atoms with Crippen LogP contribution in [0.2, 0.25) is 0 Å². The van der Waals surface area contributed by atoms with E-state index < -0.39 is 0 Å². The first-order valence-corrected chi connectivity index (χ1v) is 11.4. The number of aromatic nitrogens is 1. The Hall–Kier alpha value is -2.10. The van der Waals surface area contributed by atoms with E-state index in [0.717, 1.165) is 30.8 Å². The van der Waals surface area contributed by atoms with Crippen molar-refractivity contribution in [2.24, 2.45) is 0 Å². The lowest BCUT2D eigenvalue weighted by Gasteiger charge is -2.11. The number of hydrogen-bond acceptors (Lipinski definition) is 3. The van der Waals surface area contributed by atoms with Crippen LogP contribution in [0.15, 0.2) is 42.6 Å². The Morgan fingerprint density at radius 1 is 0.931 bits per heavy atom. The monoisotopic (exact) mass is 399 g/mol. The third-order valence-electron chi connectivity index (χ3n) is 4.84. The molecule has 1 heterocycles. The predicted octanol–water partition coefficient (Wildman–Crippen LogP) is 6.90. The van der Waals surface area contributed by atoms with Crippen LogP contribution in [0.5, 0.6) is 0 Å². The average molecular weight is 400 g/mol. The Balaban J connectivity index is 1.96. The largest absolute Gasteiger partial charge is 0.363 e. The molecule has 0 atom stereocenters. The number of rotatable bonds is 16. The van der Waals surface area contributed by atoms with Gasteiger partial charge in [-0.2, -0.15) is 0 Å². The second-order valence-corrected chi connectivity index (χ2v) is 7.83. The maximum Gasteiger partial charge on any atom is 0.224 e. The summed E-state index contributed by atoms with van der Waals surface area (Å²) in [7, 11) is 3.90. The van der Waals surface area contributed by atoms with Gasteiger partial charge >= 0.3 is 0 Å². The van der Waals surface area contributed by atoms with Gasteiger partial charge in [0, 0.05) is 20.5 Å². The fourth-order valence-electron chi connectivity index (χ4n) is 3.05. The molecule has 4 nitrogen and oxygen atoms in total. The van der Waals surface area contributed by atoms with Gasteiger partial charge in [-0.1, -0.05) is 63.3 Å². The van der Waals surface area contributed by atoms with Gasteiger partial charge in [0.2, 0.25) is 5.91 Å². The molecule has 1 aromatic rings. The summed E-state index contributed by atoms with van der Waals surface area (Å²) in [6.45, 7) is 2.24. The van der Waals surface area contributed by atoms with E-state index in [2.05, 4.69) is 41.5 Å². The molecule has 162 valence electrons. The van der Waals surface area contributed by atoms with Crippen molar-refractivity contribution in [3.63, 3.8) is 0 Å². The molecular formula is C25H41N3O. The lowest BCUT2D eigenvalue weighted by molar-refractivity contribution is -0.116. The lowest BCUT2D eigenvalue weighted by atomic mass is 10.1. The molecule has 0 aliphatic rings. The first kappa shape index (κ1) is 24.9. The summed E-state index contributed by atoms with van der Waals surface area (Å²) in [4.78, 5) is 18.2. The van der Waals surface area contributed by atoms with Gasteiger partial charge in [-0.3, -0.25) is 4.79 Å². The van der Waals surface area contributed by atoms with E-state index in [4.69, 9.17) is 0 Å². The van der Waals surface area contributed by atoms with E-state index in [1.165, 1.54) is 51.4 Å². The number of nitrogens with one attached hydrogen (secondary N) is 1. The number of amides is 1. The SMILES string of the molecule is CCCCC/C=C\C/C=C\CCCCCCCC(=O)Nc1ccc(N(C)C)nc1. The Kier molecular flexibility index (Phi) is 14.5. The highest BCUT2D eigenvalue weighted by Gasteiger charge is 2.03. The number of carbonyl (C=O) groups is 1. The molecule has 0 aromatic carbocycles. The van der Waals surface area contributed by atoms with Gasteiger partial charge < -0.3 is 10.2 Å². The molecule has 1 aromatic heterocycles. The Bertz CT molecular complexity index is 591. The standard InChI is InChI=1S/C25H41N3O/c1-4-5-6-7-8-9-10-11-12-13-14-15-16-17-18-19-25(29)27-23-20-21-24(26-22-23)28(2)3/h8-9,11-12,20-22H,4-7,10,13-19H2,1-3H3,(H,27,29)/b9-8-,12-11-. The summed E-state index contributed by atoms with van der Waals surface area (Å²) < 4.78 is 0. The molecule has 0 radical (unpaired) electrons. The number of hydrogen-bond donors (Lipinski definition) is 1. The highest BCUT2D eigenvalue weighted by Crippen LogP contribution is 2.13. The number of unbranched alkanes of at least 4 members (excludes halogenated alkanes) is 8. The molecule has 0 fully saturated rings. The van der Waals surface area contributed by atoms with E-state index in [0.29, 0.717) is 6.42 Å². The van der Waals surface area contributed by atoms with Gasteiger partial charge in [-0.15, -0.1) is 0 Å². The summed E-state index contributed by atoms with van der Waals surface area (Å²) in [5.74, 6) is 0.965. The van der Waals surface area contributed by atoms with Crippen LogP contribution in [0.25, 0.3) is 0 Å². The first-order chi connectivity index (χ1) is 14.1. The number of anilines is 2. The van der Waals surface area contributed by atoms with Crippen LogP contribution >= 0.6 is 0 Å². The first-order valence-electron chi connectivity index (χ1n) is 11.4. The molecule has 1 amide bonds. The molecule has 29 heavy (non-hydrogen) atoms. The van der Waals surface area contributed by atoms with Crippen LogP contribution in [0.1, 0.15) is 84.0 Å². The second-order valence-electron chi connectivity index (χ2n) is 7.83. The maximum atomic E-state index is 12.0. The van der Waals surface area contributed by atoms with Crippen molar-refractivity contribution in [2.45, 2.75) is 84.0 Å². The lowest BCUT2D eigenvalue weighted by Crippen LogP contribution is -2.13. The van der Waals surface area contributed by atoms with Crippen molar-refractivity contribution in [1.82, 2.24) is 4.98 Å². The summed E-state index contributed by atoms with van der Waals surface area (Å²) >= 11 is 0. The van der Waals surface area contributed by atoms with Crippen LogP contribution in [0.4, 0.5) is 11.5 Å². The van der Waals surface area contributed by atoms with Gasteiger partial charge in [-0.25, -0.2) is 4.98 Å². The zero-order valence-corrected chi connectivity index (χ0v) is 18.8. The fraction of sp³-hybridized carbons (Fsp3) is 0.600. The number of carbonyl (C=O) groups excluding carboxylic acids is 1. The van der Waals surface area contributed by atoms with E-state index in [-0.39, 0.29) is 5.91 Å². The average Bonchev–Trinajstić information content (AvgIpc) is 2.71. The zero-order valence-electron chi connectivity index (χ0n) is 18.8. The molecule has 0 saturated carbocycles. The van der Waals surface area contributed by atoms with Crippen LogP contribution in [-0.4, -0.2) is 25.0 Å². The summed E-state index contributed by atoms with van der Waals surface area (Å²) in [6.07, 6.45) is 24.6. The molecule has 0 bridgehead atoms. The number of allylic oxidation sites excluding steroid dienone is 4. The quantitative estimate of drug-likeness (QED) is 0.243. The second kappa shape index (κ2) is 16.8. The van der Waals surface area contributed by atoms with E-state index in [9.17, 15) is 4.79 Å². The van der Waals surface area contributed by atoms with Crippen LogP contribution in [-0.2, 0) is 4.79 Å². The molecular weight excluding hydrogens is 358 g/mol. The minimum atomic E-state index is 0.0788. The highest BCUT2D eigenvalue weighted by atomic mass is 16.1. The zero-order chi connectivity index (χ0) is 21.2. The minimum Gasteiger partial charge on any atom is -0.363 e. The van der Waals surface area contributed by atoms with Gasteiger partial charge in [0.25, 0.3) is 0 Å². The van der Waals surface area contributed by atoms with Gasteiger partial charge in [-0.05, 0) is 50.7 Å². The maximum absolute atomic E-state index is 12.0. The molecule has 0 unspecified atom stereocenters. The summed E-state index contributed by atoms with van der Waals surface area (Å²) in [5, 5.41) is 2.92. The van der Waals surface area contributed by atoms with E-state index in [1.807, 2.05) is 31.1 Å². The Morgan fingerprint density at radius 2 is 1.59 bits per heavy atom. The molecule has 0 aliphatic heterocycles. The fourth-order valence-corrected chi connectivity index (χ4v) is 3.05. The minimum absolute atomic E-state index is 0.0788. The van der Waals surface area contributed by atoms with Crippen molar-refractivity contribution in [3.05, 3.63) is 42.6 Å². The molecule has 1 N–H and O–H groups in total. The van der Waals surface area contributed by atoms with Crippen molar-refractivity contribution < 1.29 is 4.79 Å². The van der Waals surface area contributed by atoms with Crippen molar-refractivity contribution >= 4 is 17.4 Å².